The van der Waals surface area contributed by atoms with E-state index in [0.717, 1.165) is 21.5 Å². The summed E-state index contributed by atoms with van der Waals surface area (Å²) in [4.78, 5) is 0. The van der Waals surface area contributed by atoms with Crippen LogP contribution in [0, 0.1) is 0 Å². The second-order valence-corrected chi connectivity index (χ2v) is 7.13. The molecule has 0 aliphatic heterocycles. The molecule has 0 saturated heterocycles. The van der Waals surface area contributed by atoms with Gasteiger partial charge in [-0.1, -0.05) is 37.5 Å². The predicted molar refractivity (Wildman–Crippen MR) is 87.2 cm³/mol. The van der Waals surface area contributed by atoms with Gasteiger partial charge in [-0.3, -0.25) is 0 Å². The molecule has 0 N–H and O–H groups in total. The second-order valence-electron chi connectivity index (χ2n) is 5.96. The zero-order valence-corrected chi connectivity index (χ0v) is 12.8. The fourth-order valence-electron chi connectivity index (χ4n) is 3.53. The molecule has 1 aromatic heterocycles. The minimum atomic E-state index is -1.77. The highest BCUT2D eigenvalue weighted by atomic mass is 31.1. The lowest BCUT2D eigenvalue weighted by Crippen LogP contribution is -2.04. The lowest BCUT2D eigenvalue weighted by atomic mass is 9.84. The number of rotatable bonds is 1. The highest BCUT2D eigenvalue weighted by Gasteiger charge is 2.19. The number of hydrogen-bond acceptors (Lipinski definition) is 2. The van der Waals surface area contributed by atoms with Crippen molar-refractivity contribution in [1.29, 1.82) is 0 Å². The molecule has 0 spiro atoms. The summed E-state index contributed by atoms with van der Waals surface area (Å²) in [6.07, 6.45) is 6.61. The Balaban J connectivity index is 1.95. The van der Waals surface area contributed by atoms with Crippen molar-refractivity contribution in [2.75, 3.05) is 0 Å². The van der Waals surface area contributed by atoms with E-state index < -0.39 is 7.65 Å². The number of fused-ring (bicyclic) bond motifs is 3. The zero-order valence-electron chi connectivity index (χ0n) is 11.9. The van der Waals surface area contributed by atoms with Gasteiger partial charge in [0, 0.05) is 10.8 Å². The molecule has 0 amide bonds. The molecule has 1 aliphatic carbocycles. The summed E-state index contributed by atoms with van der Waals surface area (Å²) >= 11 is 0. The topological polar surface area (TPSA) is 30.2 Å². The third kappa shape index (κ3) is 2.28. The van der Waals surface area contributed by atoms with Gasteiger partial charge in [-0.2, -0.15) is 0 Å². The van der Waals surface area contributed by atoms with Crippen LogP contribution in [-0.2, 0) is 4.57 Å². The smallest absolute Gasteiger partial charge is 0.250 e. The van der Waals surface area contributed by atoms with Crippen molar-refractivity contribution in [1.82, 2.24) is 0 Å². The van der Waals surface area contributed by atoms with Crippen molar-refractivity contribution in [3.8, 4) is 0 Å². The van der Waals surface area contributed by atoms with Gasteiger partial charge in [-0.05, 0) is 53.2 Å². The van der Waals surface area contributed by atoms with Gasteiger partial charge >= 0.3 is 7.65 Å². The predicted octanol–water partition coefficient (Wildman–Crippen LogP) is 6.38. The Morgan fingerprint density at radius 3 is 2.62 bits per heavy atom. The highest BCUT2D eigenvalue weighted by molar-refractivity contribution is 7.37. The first kappa shape index (κ1) is 13.0. The van der Waals surface area contributed by atoms with Gasteiger partial charge in [-0.15, -0.1) is 0 Å². The molecule has 2 nitrogen and oxygen atoms in total. The first-order valence-electron chi connectivity index (χ1n) is 7.71. The summed E-state index contributed by atoms with van der Waals surface area (Å²) in [5.74, 6) is 0.673. The Labute approximate surface area is 124 Å². The normalized spacial score (nSPS) is 17.4. The summed E-state index contributed by atoms with van der Waals surface area (Å²) in [7, 11) is -1.77. The van der Waals surface area contributed by atoms with Crippen molar-refractivity contribution in [2.45, 2.75) is 38.0 Å². The molecule has 2 aromatic carbocycles. The summed E-state index contributed by atoms with van der Waals surface area (Å²) in [5.41, 5.74) is 2.17. The van der Waals surface area contributed by atoms with E-state index in [0.29, 0.717) is 5.92 Å². The van der Waals surface area contributed by atoms with Crippen LogP contribution in [0.15, 0.2) is 46.7 Å². The van der Waals surface area contributed by atoms with E-state index in [-0.39, 0.29) is 0 Å². The first-order valence-corrected chi connectivity index (χ1v) is 8.89. The van der Waals surface area contributed by atoms with Crippen molar-refractivity contribution in [3.63, 3.8) is 0 Å². The monoisotopic (exact) mass is 297 g/mol. The SMILES string of the molecule is O=[p+]1oc2ccc(C3CCCCC3)cc2c2ccccc21. The molecule has 4 rings (SSSR count). The van der Waals surface area contributed by atoms with Crippen molar-refractivity contribution < 1.29 is 8.76 Å². The summed E-state index contributed by atoms with van der Waals surface area (Å²) < 4.78 is 17.8. The lowest BCUT2D eigenvalue weighted by molar-refractivity contribution is 0.444. The van der Waals surface area contributed by atoms with Crippen molar-refractivity contribution >= 4 is 29.1 Å². The van der Waals surface area contributed by atoms with E-state index in [1.165, 1.54) is 37.7 Å². The van der Waals surface area contributed by atoms with Crippen LogP contribution in [0.5, 0.6) is 0 Å². The van der Waals surface area contributed by atoms with Gasteiger partial charge in [-0.25, -0.2) is 4.20 Å². The standard InChI is InChI=1S/C18H18O2P/c19-21-18-9-5-4-8-15(18)16-12-14(10-11-17(16)20-21)13-6-2-1-3-7-13/h4-5,8-13H,1-3,6-7H2/q+1. The van der Waals surface area contributed by atoms with E-state index in [1.54, 1.807) is 0 Å². The Morgan fingerprint density at radius 2 is 1.76 bits per heavy atom. The maximum absolute atomic E-state index is 12.2. The zero-order chi connectivity index (χ0) is 14.2. The molecule has 0 radical (unpaired) electrons. The van der Waals surface area contributed by atoms with Crippen LogP contribution >= 0.6 is 7.65 Å². The van der Waals surface area contributed by atoms with E-state index in [9.17, 15) is 4.57 Å². The van der Waals surface area contributed by atoms with Crippen LogP contribution < -0.4 is 0 Å². The Bertz CT molecular complexity index is 860. The highest BCUT2D eigenvalue weighted by Crippen LogP contribution is 2.38. The third-order valence-corrected chi connectivity index (χ3v) is 5.80. The molecule has 1 unspecified atom stereocenters. The molecule has 21 heavy (non-hydrogen) atoms. The number of benzene rings is 2. The lowest BCUT2D eigenvalue weighted by Gasteiger charge is -2.22. The molecule has 1 saturated carbocycles. The molecular formula is C18H18O2P+. The number of hydrogen-bond donors (Lipinski definition) is 0. The average Bonchev–Trinajstić information content (AvgIpc) is 2.56. The van der Waals surface area contributed by atoms with Crippen LogP contribution in [-0.4, -0.2) is 0 Å². The Kier molecular flexibility index (Phi) is 3.27. The molecule has 1 fully saturated rings. The van der Waals surface area contributed by atoms with Crippen LogP contribution in [0.4, 0.5) is 0 Å². The fraction of sp³-hybridized carbons (Fsp3) is 0.333. The first-order chi connectivity index (χ1) is 10.3. The summed E-state index contributed by atoms with van der Waals surface area (Å²) in [6.45, 7) is 0. The van der Waals surface area contributed by atoms with Gasteiger partial charge in [0.15, 0.2) is 5.58 Å². The maximum atomic E-state index is 12.2. The largest absolute Gasteiger partial charge is 0.597 e. The third-order valence-electron chi connectivity index (χ3n) is 4.65. The summed E-state index contributed by atoms with van der Waals surface area (Å²) in [6, 6.07) is 14.3. The molecule has 0 bridgehead atoms. The van der Waals surface area contributed by atoms with Gasteiger partial charge in [0.1, 0.15) is 0 Å². The molecule has 1 atom stereocenters. The van der Waals surface area contributed by atoms with E-state index in [2.05, 4.69) is 18.2 Å². The van der Waals surface area contributed by atoms with Gasteiger partial charge in [0.2, 0.25) is 5.12 Å². The Morgan fingerprint density at radius 1 is 0.952 bits per heavy atom. The second kappa shape index (κ2) is 5.27. The molecule has 1 aliphatic rings. The van der Waals surface area contributed by atoms with E-state index in [4.69, 9.17) is 4.20 Å². The minimum absolute atomic E-state index is 0.673. The molecule has 3 heteroatoms. The van der Waals surface area contributed by atoms with Gasteiger partial charge < -0.3 is 0 Å². The van der Waals surface area contributed by atoms with Crippen LogP contribution in [0.3, 0.4) is 0 Å². The Hall–Kier alpha value is -1.66. The molecule has 3 aromatic rings. The fourth-order valence-corrected chi connectivity index (χ4v) is 4.56. The minimum Gasteiger partial charge on any atom is -0.250 e. The van der Waals surface area contributed by atoms with Crippen LogP contribution in [0.1, 0.15) is 43.6 Å². The summed E-state index contributed by atoms with van der Waals surface area (Å²) in [5, 5.41) is 2.99. The molecule has 106 valence electrons. The van der Waals surface area contributed by atoms with Crippen LogP contribution in [0.2, 0.25) is 0 Å². The quantitative estimate of drug-likeness (QED) is 0.488. The van der Waals surface area contributed by atoms with Crippen LogP contribution in [0.25, 0.3) is 21.5 Å². The average molecular weight is 297 g/mol. The van der Waals surface area contributed by atoms with Crippen molar-refractivity contribution in [3.05, 3.63) is 48.0 Å². The molecule has 1 heterocycles. The van der Waals surface area contributed by atoms with E-state index in [1.807, 2.05) is 24.3 Å². The molecular weight excluding hydrogens is 279 g/mol. The van der Waals surface area contributed by atoms with Gasteiger partial charge in [0.05, 0.1) is 0 Å². The van der Waals surface area contributed by atoms with Crippen molar-refractivity contribution in [2.24, 2.45) is 0 Å². The van der Waals surface area contributed by atoms with E-state index >= 15 is 0 Å². The maximum Gasteiger partial charge on any atom is 0.597 e. The van der Waals surface area contributed by atoms with Gasteiger partial charge in [0.25, 0.3) is 0 Å².